The van der Waals surface area contributed by atoms with Crippen LogP contribution in [0, 0.1) is 0 Å². The summed E-state index contributed by atoms with van der Waals surface area (Å²) in [7, 11) is 3.78. The van der Waals surface area contributed by atoms with Crippen LogP contribution < -0.4 is 10.7 Å². The van der Waals surface area contributed by atoms with Crippen LogP contribution in [-0.2, 0) is 4.79 Å². The highest BCUT2D eigenvalue weighted by atomic mass is 16.2. The molecule has 0 saturated heterocycles. The summed E-state index contributed by atoms with van der Waals surface area (Å²) < 4.78 is 0. The van der Waals surface area contributed by atoms with Gasteiger partial charge in [-0.1, -0.05) is 12.8 Å². The highest BCUT2D eigenvalue weighted by Crippen LogP contribution is 2.17. The molecule has 1 unspecified atom stereocenters. The number of rotatable bonds is 4. The first-order valence-electron chi connectivity index (χ1n) is 5.33. The molecule has 0 radical (unpaired) electrons. The molecule has 0 bridgehead atoms. The maximum atomic E-state index is 11.6. The van der Waals surface area contributed by atoms with Gasteiger partial charge in [0, 0.05) is 20.1 Å². The van der Waals surface area contributed by atoms with E-state index in [9.17, 15) is 4.79 Å². The van der Waals surface area contributed by atoms with Crippen LogP contribution in [-0.4, -0.2) is 37.1 Å². The van der Waals surface area contributed by atoms with E-state index in [0.29, 0.717) is 6.04 Å². The van der Waals surface area contributed by atoms with E-state index >= 15 is 0 Å². The molecular formula is C10H21N3O. The van der Waals surface area contributed by atoms with Gasteiger partial charge in [0.25, 0.3) is 0 Å². The zero-order valence-electron chi connectivity index (χ0n) is 9.34. The fraction of sp³-hybridized carbons (Fsp3) is 0.900. The normalized spacial score (nSPS) is 20.0. The van der Waals surface area contributed by atoms with E-state index in [4.69, 9.17) is 0 Å². The Kier molecular flexibility index (Phi) is 4.35. The minimum atomic E-state index is -0.148. The summed E-state index contributed by atoms with van der Waals surface area (Å²) in [6, 6.07) is 0.263. The Balaban J connectivity index is 2.25. The zero-order valence-corrected chi connectivity index (χ0v) is 9.34. The summed E-state index contributed by atoms with van der Waals surface area (Å²) in [4.78, 5) is 11.6. The largest absolute Gasteiger partial charge is 0.352 e. The summed E-state index contributed by atoms with van der Waals surface area (Å²) in [5.74, 6) is 0.102. The number of nitrogens with zero attached hydrogens (tertiary/aromatic N) is 1. The molecule has 1 fully saturated rings. The first kappa shape index (κ1) is 11.5. The number of hydrogen-bond acceptors (Lipinski definition) is 3. The van der Waals surface area contributed by atoms with Crippen molar-refractivity contribution in [3.63, 3.8) is 0 Å². The fourth-order valence-electron chi connectivity index (χ4n) is 1.84. The molecule has 0 aromatic heterocycles. The molecule has 0 spiro atoms. The Labute approximate surface area is 86.0 Å². The predicted molar refractivity (Wildman–Crippen MR) is 56.7 cm³/mol. The topological polar surface area (TPSA) is 44.4 Å². The first-order valence-corrected chi connectivity index (χ1v) is 5.33. The number of carbonyl (C=O) groups excluding carboxylic acids is 1. The van der Waals surface area contributed by atoms with Gasteiger partial charge in [-0.15, -0.1) is 0 Å². The number of hydrazine groups is 1. The minimum absolute atomic E-state index is 0.102. The molecule has 1 amide bonds. The lowest BCUT2D eigenvalue weighted by molar-refractivity contribution is -0.124. The second-order valence-electron chi connectivity index (χ2n) is 4.24. The monoisotopic (exact) mass is 199 g/mol. The van der Waals surface area contributed by atoms with Crippen LogP contribution in [0.4, 0.5) is 0 Å². The summed E-state index contributed by atoms with van der Waals surface area (Å²) in [6.45, 7) is 1.88. The molecule has 1 saturated carbocycles. The van der Waals surface area contributed by atoms with E-state index in [2.05, 4.69) is 10.7 Å². The Hall–Kier alpha value is -0.610. The molecule has 2 N–H and O–H groups in total. The van der Waals surface area contributed by atoms with Gasteiger partial charge < -0.3 is 5.32 Å². The molecule has 0 heterocycles. The van der Waals surface area contributed by atoms with Crippen molar-refractivity contribution < 1.29 is 4.79 Å². The maximum absolute atomic E-state index is 11.6. The van der Waals surface area contributed by atoms with Gasteiger partial charge in [0.1, 0.15) is 0 Å². The van der Waals surface area contributed by atoms with Crippen LogP contribution >= 0.6 is 0 Å². The molecule has 0 aromatic carbocycles. The second-order valence-corrected chi connectivity index (χ2v) is 4.24. The van der Waals surface area contributed by atoms with Crippen molar-refractivity contribution in [3.8, 4) is 0 Å². The van der Waals surface area contributed by atoms with Gasteiger partial charge in [0.05, 0.1) is 6.04 Å². The smallest absolute Gasteiger partial charge is 0.238 e. The lowest BCUT2D eigenvalue weighted by Crippen LogP contribution is -2.49. The molecule has 4 heteroatoms. The van der Waals surface area contributed by atoms with E-state index < -0.39 is 0 Å². The molecule has 1 aliphatic carbocycles. The van der Waals surface area contributed by atoms with Gasteiger partial charge in [-0.05, 0) is 19.8 Å². The lowest BCUT2D eigenvalue weighted by atomic mass is 10.2. The molecule has 0 aromatic rings. The number of amides is 1. The summed E-state index contributed by atoms with van der Waals surface area (Å²) in [6.07, 6.45) is 4.78. The molecule has 4 nitrogen and oxygen atoms in total. The van der Waals surface area contributed by atoms with E-state index in [1.807, 2.05) is 21.0 Å². The molecule has 14 heavy (non-hydrogen) atoms. The highest BCUT2D eigenvalue weighted by Gasteiger charge is 2.20. The van der Waals surface area contributed by atoms with E-state index in [1.54, 1.807) is 5.01 Å². The standard InChI is InChI=1S/C10H21N3O/c1-8(12-13(2)3)10(14)11-9-6-4-5-7-9/h8-9,12H,4-7H2,1-3H3,(H,11,14). The van der Waals surface area contributed by atoms with Gasteiger partial charge in [-0.25, -0.2) is 10.4 Å². The van der Waals surface area contributed by atoms with Crippen molar-refractivity contribution in [1.82, 2.24) is 15.8 Å². The van der Waals surface area contributed by atoms with Crippen molar-refractivity contribution in [2.75, 3.05) is 14.1 Å². The van der Waals surface area contributed by atoms with Gasteiger partial charge in [-0.2, -0.15) is 0 Å². The van der Waals surface area contributed by atoms with Crippen molar-refractivity contribution in [2.45, 2.75) is 44.7 Å². The SMILES string of the molecule is CC(NN(C)C)C(=O)NC1CCCC1. The number of nitrogens with one attached hydrogen (secondary N) is 2. The van der Waals surface area contributed by atoms with Gasteiger partial charge in [0.2, 0.25) is 5.91 Å². The van der Waals surface area contributed by atoms with Crippen LogP contribution in [0.5, 0.6) is 0 Å². The Morgan fingerprint density at radius 3 is 2.43 bits per heavy atom. The van der Waals surface area contributed by atoms with Crippen LogP contribution in [0.25, 0.3) is 0 Å². The summed E-state index contributed by atoms with van der Waals surface area (Å²) in [5.41, 5.74) is 3.04. The van der Waals surface area contributed by atoms with E-state index in [-0.39, 0.29) is 11.9 Å². The van der Waals surface area contributed by atoms with Crippen LogP contribution in [0.2, 0.25) is 0 Å². The fourth-order valence-corrected chi connectivity index (χ4v) is 1.84. The average Bonchev–Trinajstić information content (AvgIpc) is 2.55. The number of hydrogen-bond donors (Lipinski definition) is 2. The minimum Gasteiger partial charge on any atom is -0.352 e. The third-order valence-electron chi connectivity index (χ3n) is 2.55. The molecule has 1 atom stereocenters. The predicted octanol–water partition coefficient (Wildman–Crippen LogP) is 0.500. The highest BCUT2D eigenvalue weighted by molar-refractivity contribution is 5.81. The third-order valence-corrected chi connectivity index (χ3v) is 2.55. The molecule has 1 aliphatic rings. The van der Waals surface area contributed by atoms with Crippen molar-refractivity contribution in [2.24, 2.45) is 0 Å². The average molecular weight is 199 g/mol. The van der Waals surface area contributed by atoms with Gasteiger partial charge in [-0.3, -0.25) is 4.79 Å². The van der Waals surface area contributed by atoms with Crippen molar-refractivity contribution in [1.29, 1.82) is 0 Å². The van der Waals surface area contributed by atoms with E-state index in [1.165, 1.54) is 12.8 Å². The van der Waals surface area contributed by atoms with E-state index in [0.717, 1.165) is 12.8 Å². The first-order chi connectivity index (χ1) is 6.59. The zero-order chi connectivity index (χ0) is 10.6. The van der Waals surface area contributed by atoms with Crippen LogP contribution in [0.15, 0.2) is 0 Å². The Morgan fingerprint density at radius 2 is 1.93 bits per heavy atom. The molecular weight excluding hydrogens is 178 g/mol. The summed E-state index contributed by atoms with van der Waals surface area (Å²) >= 11 is 0. The molecule has 1 rings (SSSR count). The van der Waals surface area contributed by atoms with Crippen molar-refractivity contribution in [3.05, 3.63) is 0 Å². The van der Waals surface area contributed by atoms with Crippen LogP contribution in [0.3, 0.4) is 0 Å². The van der Waals surface area contributed by atoms with Gasteiger partial charge >= 0.3 is 0 Å². The number of carbonyl (C=O) groups is 1. The quantitative estimate of drug-likeness (QED) is 0.648. The molecule has 0 aliphatic heterocycles. The molecule has 82 valence electrons. The Morgan fingerprint density at radius 1 is 1.36 bits per heavy atom. The maximum Gasteiger partial charge on any atom is 0.238 e. The summed E-state index contributed by atoms with van der Waals surface area (Å²) in [5, 5.41) is 4.86. The Bertz CT molecular complexity index is 188. The third kappa shape index (κ3) is 3.64. The second kappa shape index (κ2) is 5.32. The van der Waals surface area contributed by atoms with Crippen molar-refractivity contribution >= 4 is 5.91 Å². The van der Waals surface area contributed by atoms with Crippen LogP contribution in [0.1, 0.15) is 32.6 Å². The lowest BCUT2D eigenvalue weighted by Gasteiger charge is -2.20. The van der Waals surface area contributed by atoms with Gasteiger partial charge in [0.15, 0.2) is 0 Å².